The van der Waals surface area contributed by atoms with Gasteiger partial charge in [0.1, 0.15) is 0 Å². The van der Waals surface area contributed by atoms with Crippen LogP contribution in [0, 0.1) is 18.8 Å². The molecule has 4 rings (SSSR count). The van der Waals surface area contributed by atoms with Crippen molar-refractivity contribution in [2.24, 2.45) is 11.8 Å². The van der Waals surface area contributed by atoms with Crippen LogP contribution in [0.5, 0.6) is 0 Å². The van der Waals surface area contributed by atoms with E-state index in [2.05, 4.69) is 19.2 Å². The molecule has 3 atom stereocenters. The molecule has 162 valence electrons. The summed E-state index contributed by atoms with van der Waals surface area (Å²) in [6, 6.07) is 15.3. The van der Waals surface area contributed by atoms with Gasteiger partial charge in [0.15, 0.2) is 5.16 Å². The van der Waals surface area contributed by atoms with Crippen LogP contribution in [-0.2, 0) is 4.79 Å². The molecule has 0 bridgehead atoms. The molecule has 1 aliphatic rings. The summed E-state index contributed by atoms with van der Waals surface area (Å²) in [6.45, 7) is 6.46. The molecule has 1 saturated carbocycles. The van der Waals surface area contributed by atoms with Gasteiger partial charge in [-0.1, -0.05) is 68.8 Å². The van der Waals surface area contributed by atoms with E-state index in [1.54, 1.807) is 10.6 Å². The number of aromatic nitrogens is 2. The fourth-order valence-corrected chi connectivity index (χ4v) is 5.22. The molecule has 31 heavy (non-hydrogen) atoms. The van der Waals surface area contributed by atoms with E-state index >= 15 is 0 Å². The van der Waals surface area contributed by atoms with E-state index in [1.165, 1.54) is 18.2 Å². The zero-order valence-electron chi connectivity index (χ0n) is 18.3. The highest BCUT2D eigenvalue weighted by molar-refractivity contribution is 7.99. The topological polar surface area (TPSA) is 64.0 Å². The third kappa shape index (κ3) is 4.54. The smallest absolute Gasteiger partial charge is 0.266 e. The number of thioether (sulfide) groups is 1. The summed E-state index contributed by atoms with van der Waals surface area (Å²) in [5.41, 5.74) is 2.31. The molecule has 2 aromatic carbocycles. The predicted molar refractivity (Wildman–Crippen MR) is 127 cm³/mol. The van der Waals surface area contributed by atoms with Gasteiger partial charge in [-0.3, -0.25) is 14.2 Å². The van der Waals surface area contributed by atoms with Crippen molar-refractivity contribution in [3.63, 3.8) is 0 Å². The summed E-state index contributed by atoms with van der Waals surface area (Å²) >= 11 is 1.32. The Hall–Kier alpha value is -2.60. The predicted octanol–water partition coefficient (Wildman–Crippen LogP) is 4.73. The summed E-state index contributed by atoms with van der Waals surface area (Å²) in [4.78, 5) is 30.8. The van der Waals surface area contributed by atoms with Gasteiger partial charge in [0.25, 0.3) is 5.56 Å². The Morgan fingerprint density at radius 1 is 1.13 bits per heavy atom. The first kappa shape index (κ1) is 21.6. The second kappa shape index (κ2) is 9.27. The van der Waals surface area contributed by atoms with E-state index in [4.69, 9.17) is 4.98 Å². The number of hydrogen-bond acceptors (Lipinski definition) is 4. The van der Waals surface area contributed by atoms with Crippen molar-refractivity contribution in [3.05, 3.63) is 64.4 Å². The summed E-state index contributed by atoms with van der Waals surface area (Å²) in [7, 11) is 0. The van der Waals surface area contributed by atoms with Crippen molar-refractivity contribution in [1.82, 2.24) is 14.9 Å². The lowest BCUT2D eigenvalue weighted by molar-refractivity contribution is -0.120. The highest BCUT2D eigenvalue weighted by Gasteiger charge is 2.28. The molecular formula is C25H29N3O2S. The number of aryl methyl sites for hydroxylation is 1. The minimum absolute atomic E-state index is 0.00492. The van der Waals surface area contributed by atoms with E-state index in [0.29, 0.717) is 27.9 Å². The Bertz CT molecular complexity index is 1160. The van der Waals surface area contributed by atoms with Crippen molar-refractivity contribution in [1.29, 1.82) is 0 Å². The van der Waals surface area contributed by atoms with E-state index < -0.39 is 0 Å². The summed E-state index contributed by atoms with van der Waals surface area (Å²) in [5, 5.41) is 4.33. The standard InChI is InChI=1S/C25H29N3O2S/c1-16-10-8-13-20(18(16)3)26-23(29)15-31-25-27-21-12-6-5-11-19(21)24(30)28(25)22-14-7-4-9-17(22)2/h4-7,9,11-12,14,16,18,20H,8,10,13,15H2,1-3H3,(H,26,29). The third-order valence-electron chi connectivity index (χ3n) is 6.49. The number of nitrogens with one attached hydrogen (secondary N) is 1. The molecule has 0 saturated heterocycles. The van der Waals surface area contributed by atoms with Crippen LogP contribution < -0.4 is 10.9 Å². The van der Waals surface area contributed by atoms with Crippen LogP contribution >= 0.6 is 11.8 Å². The van der Waals surface area contributed by atoms with Crippen molar-refractivity contribution in [2.75, 3.05) is 5.75 Å². The minimum Gasteiger partial charge on any atom is -0.352 e. The molecule has 3 unspecified atom stereocenters. The van der Waals surface area contributed by atoms with Crippen molar-refractivity contribution >= 4 is 28.6 Å². The maximum Gasteiger partial charge on any atom is 0.266 e. The molecule has 6 heteroatoms. The van der Waals surface area contributed by atoms with Crippen LogP contribution in [0.4, 0.5) is 0 Å². The van der Waals surface area contributed by atoms with Crippen molar-refractivity contribution in [2.45, 2.75) is 51.2 Å². The van der Waals surface area contributed by atoms with Gasteiger partial charge in [0.05, 0.1) is 22.3 Å². The Kier molecular flexibility index (Phi) is 6.46. The SMILES string of the molecule is Cc1ccccc1-n1c(SCC(=O)NC2CCCC(C)C2C)nc2ccccc2c1=O. The van der Waals surface area contributed by atoms with Crippen LogP contribution in [0.25, 0.3) is 16.6 Å². The average molecular weight is 436 g/mol. The van der Waals surface area contributed by atoms with E-state index in [0.717, 1.165) is 24.1 Å². The van der Waals surface area contributed by atoms with Crippen molar-refractivity contribution in [3.8, 4) is 5.69 Å². The second-order valence-corrected chi connectivity index (χ2v) is 9.51. The van der Waals surface area contributed by atoms with Gasteiger partial charge in [-0.05, 0) is 48.9 Å². The second-order valence-electron chi connectivity index (χ2n) is 8.57. The zero-order chi connectivity index (χ0) is 22.0. The van der Waals surface area contributed by atoms with Crippen LogP contribution in [0.15, 0.2) is 58.5 Å². The minimum atomic E-state index is -0.113. The molecule has 1 aromatic heterocycles. The first-order chi connectivity index (χ1) is 15.0. The lowest BCUT2D eigenvalue weighted by Crippen LogP contribution is -2.44. The number of rotatable bonds is 5. The number of fused-ring (bicyclic) bond motifs is 1. The summed E-state index contributed by atoms with van der Waals surface area (Å²) in [5.74, 6) is 1.33. The third-order valence-corrected chi connectivity index (χ3v) is 7.43. The molecule has 0 aliphatic heterocycles. The Morgan fingerprint density at radius 3 is 2.68 bits per heavy atom. The van der Waals surface area contributed by atoms with Gasteiger partial charge >= 0.3 is 0 Å². The maximum absolute atomic E-state index is 13.4. The molecule has 5 nitrogen and oxygen atoms in total. The molecule has 1 N–H and O–H groups in total. The molecule has 1 fully saturated rings. The van der Waals surface area contributed by atoms with E-state index in [-0.39, 0.29) is 23.3 Å². The molecule has 1 amide bonds. The van der Waals surface area contributed by atoms with Crippen LogP contribution in [0.1, 0.15) is 38.7 Å². The Labute approximate surface area is 187 Å². The number of benzene rings is 2. The molecule has 0 radical (unpaired) electrons. The molecule has 3 aromatic rings. The van der Waals surface area contributed by atoms with Crippen molar-refractivity contribution < 1.29 is 4.79 Å². The molecule has 0 spiro atoms. The monoisotopic (exact) mass is 435 g/mol. The van der Waals surface area contributed by atoms with Crippen LogP contribution in [0.3, 0.4) is 0 Å². The normalized spacial score (nSPS) is 21.2. The van der Waals surface area contributed by atoms with Gasteiger partial charge < -0.3 is 5.32 Å². The Morgan fingerprint density at radius 2 is 1.87 bits per heavy atom. The van der Waals surface area contributed by atoms with Gasteiger partial charge in [-0.25, -0.2) is 4.98 Å². The largest absolute Gasteiger partial charge is 0.352 e. The number of amides is 1. The lowest BCUT2D eigenvalue weighted by Gasteiger charge is -2.34. The number of para-hydroxylation sites is 2. The van der Waals surface area contributed by atoms with Crippen LogP contribution in [-0.4, -0.2) is 27.3 Å². The van der Waals surface area contributed by atoms with Gasteiger partial charge in [0, 0.05) is 6.04 Å². The van der Waals surface area contributed by atoms with E-state index in [9.17, 15) is 9.59 Å². The average Bonchev–Trinajstić information content (AvgIpc) is 2.76. The lowest BCUT2D eigenvalue weighted by atomic mass is 9.78. The fourth-order valence-electron chi connectivity index (χ4n) is 4.40. The molecular weight excluding hydrogens is 406 g/mol. The quantitative estimate of drug-likeness (QED) is 0.465. The first-order valence-electron chi connectivity index (χ1n) is 11.0. The van der Waals surface area contributed by atoms with Gasteiger partial charge in [0.2, 0.25) is 5.91 Å². The summed E-state index contributed by atoms with van der Waals surface area (Å²) in [6.07, 6.45) is 3.42. The number of carbonyl (C=O) groups excluding carboxylic acids is 1. The van der Waals surface area contributed by atoms with Gasteiger partial charge in [-0.2, -0.15) is 0 Å². The highest BCUT2D eigenvalue weighted by atomic mass is 32.2. The number of nitrogens with zero attached hydrogens (tertiary/aromatic N) is 2. The van der Waals surface area contributed by atoms with E-state index in [1.807, 2.05) is 49.4 Å². The molecule has 1 aliphatic carbocycles. The van der Waals surface area contributed by atoms with Crippen LogP contribution in [0.2, 0.25) is 0 Å². The number of carbonyl (C=O) groups is 1. The number of hydrogen-bond donors (Lipinski definition) is 1. The highest BCUT2D eigenvalue weighted by Crippen LogP contribution is 2.30. The maximum atomic E-state index is 13.4. The molecule has 1 heterocycles. The fraction of sp³-hybridized carbons (Fsp3) is 0.400. The Balaban J connectivity index is 1.62. The first-order valence-corrected chi connectivity index (χ1v) is 11.9. The zero-order valence-corrected chi connectivity index (χ0v) is 19.1. The van der Waals surface area contributed by atoms with Gasteiger partial charge in [-0.15, -0.1) is 0 Å². The summed E-state index contributed by atoms with van der Waals surface area (Å²) < 4.78 is 1.64.